The van der Waals surface area contributed by atoms with Crippen LogP contribution in [0.3, 0.4) is 0 Å². The fraction of sp³-hybridized carbons (Fsp3) is 0.333. The third-order valence-corrected chi connectivity index (χ3v) is 2.91. The van der Waals surface area contributed by atoms with Crippen LogP contribution >= 0.6 is 11.3 Å². The second-order valence-electron chi connectivity index (χ2n) is 3.05. The van der Waals surface area contributed by atoms with E-state index in [9.17, 15) is 9.59 Å². The van der Waals surface area contributed by atoms with Gasteiger partial charge in [-0.2, -0.15) is 0 Å². The SMILES string of the molecule is Cc1ccsc1CN(C)C(=O)C(N)=O. The molecule has 0 atom stereocenters. The van der Waals surface area contributed by atoms with Gasteiger partial charge in [0.25, 0.3) is 0 Å². The van der Waals surface area contributed by atoms with Crippen LogP contribution in [0.4, 0.5) is 0 Å². The maximum atomic E-state index is 11.1. The van der Waals surface area contributed by atoms with Crippen molar-refractivity contribution in [3.05, 3.63) is 21.9 Å². The highest BCUT2D eigenvalue weighted by atomic mass is 32.1. The van der Waals surface area contributed by atoms with Crippen LogP contribution in [0.2, 0.25) is 0 Å². The topological polar surface area (TPSA) is 63.4 Å². The van der Waals surface area contributed by atoms with Crippen LogP contribution in [-0.2, 0) is 16.1 Å². The first kappa shape index (κ1) is 10.7. The fourth-order valence-electron chi connectivity index (χ4n) is 1.04. The first-order valence-corrected chi connectivity index (χ1v) is 4.98. The molecular weight excluding hydrogens is 200 g/mol. The van der Waals surface area contributed by atoms with Gasteiger partial charge in [-0.15, -0.1) is 11.3 Å². The zero-order chi connectivity index (χ0) is 10.7. The Morgan fingerprint density at radius 3 is 2.64 bits per heavy atom. The Morgan fingerprint density at radius 1 is 1.57 bits per heavy atom. The molecule has 0 aliphatic rings. The number of aryl methyl sites for hydroxylation is 1. The van der Waals surface area contributed by atoms with Crippen molar-refractivity contribution in [2.24, 2.45) is 5.73 Å². The predicted molar refractivity (Wildman–Crippen MR) is 54.7 cm³/mol. The van der Waals surface area contributed by atoms with Gasteiger partial charge in [0.2, 0.25) is 0 Å². The highest BCUT2D eigenvalue weighted by molar-refractivity contribution is 7.10. The number of rotatable bonds is 2. The molecule has 0 unspecified atom stereocenters. The standard InChI is InChI=1S/C9H12N2O2S/c1-6-3-4-14-7(6)5-11(2)9(13)8(10)12/h3-4H,5H2,1-2H3,(H2,10,12). The second-order valence-corrected chi connectivity index (χ2v) is 4.05. The number of primary amides is 1. The third-order valence-electron chi connectivity index (χ3n) is 1.91. The third kappa shape index (κ3) is 2.32. The predicted octanol–water partition coefficient (Wildman–Crippen LogP) is 0.500. The zero-order valence-electron chi connectivity index (χ0n) is 8.11. The van der Waals surface area contributed by atoms with E-state index in [1.807, 2.05) is 18.4 Å². The van der Waals surface area contributed by atoms with Crippen LogP contribution < -0.4 is 5.73 Å². The van der Waals surface area contributed by atoms with E-state index in [2.05, 4.69) is 0 Å². The molecule has 0 bridgehead atoms. The van der Waals surface area contributed by atoms with E-state index in [1.54, 1.807) is 18.4 Å². The highest BCUT2D eigenvalue weighted by Crippen LogP contribution is 2.16. The van der Waals surface area contributed by atoms with Crippen LogP contribution in [-0.4, -0.2) is 23.8 Å². The van der Waals surface area contributed by atoms with Crippen molar-refractivity contribution in [2.45, 2.75) is 13.5 Å². The molecule has 1 rings (SSSR count). The summed E-state index contributed by atoms with van der Waals surface area (Å²) >= 11 is 1.56. The smallest absolute Gasteiger partial charge is 0.311 e. The van der Waals surface area contributed by atoms with Crippen molar-refractivity contribution >= 4 is 23.2 Å². The van der Waals surface area contributed by atoms with Gasteiger partial charge >= 0.3 is 11.8 Å². The van der Waals surface area contributed by atoms with Crippen molar-refractivity contribution in [3.63, 3.8) is 0 Å². The first-order valence-electron chi connectivity index (χ1n) is 4.10. The number of amides is 2. The van der Waals surface area contributed by atoms with Crippen LogP contribution in [0.25, 0.3) is 0 Å². The average Bonchev–Trinajstić information content (AvgIpc) is 2.50. The van der Waals surface area contributed by atoms with Gasteiger partial charge in [0, 0.05) is 11.9 Å². The molecule has 5 heteroatoms. The molecular formula is C9H12N2O2S. The molecule has 76 valence electrons. The molecule has 4 nitrogen and oxygen atoms in total. The van der Waals surface area contributed by atoms with Gasteiger partial charge in [0.1, 0.15) is 0 Å². The second kappa shape index (κ2) is 4.23. The van der Waals surface area contributed by atoms with Gasteiger partial charge in [-0.3, -0.25) is 9.59 Å². The maximum Gasteiger partial charge on any atom is 0.311 e. The summed E-state index contributed by atoms with van der Waals surface area (Å²) < 4.78 is 0. The Hall–Kier alpha value is -1.36. The molecule has 1 aromatic heterocycles. The lowest BCUT2D eigenvalue weighted by molar-refractivity contribution is -0.143. The number of carbonyl (C=O) groups excluding carboxylic acids is 2. The normalized spacial score (nSPS) is 9.86. The minimum Gasteiger partial charge on any atom is -0.361 e. The number of carbonyl (C=O) groups is 2. The Morgan fingerprint density at radius 2 is 2.21 bits per heavy atom. The molecule has 0 spiro atoms. The molecule has 14 heavy (non-hydrogen) atoms. The summed E-state index contributed by atoms with van der Waals surface area (Å²) in [7, 11) is 1.56. The number of hydrogen-bond donors (Lipinski definition) is 1. The molecule has 2 N–H and O–H groups in total. The minimum atomic E-state index is -0.915. The van der Waals surface area contributed by atoms with Gasteiger partial charge in [0.15, 0.2) is 0 Å². The molecule has 0 radical (unpaired) electrons. The maximum absolute atomic E-state index is 11.1. The lowest BCUT2D eigenvalue weighted by Crippen LogP contribution is -2.37. The van der Waals surface area contributed by atoms with Crippen molar-refractivity contribution < 1.29 is 9.59 Å². The van der Waals surface area contributed by atoms with Gasteiger partial charge < -0.3 is 10.6 Å². The van der Waals surface area contributed by atoms with E-state index in [0.29, 0.717) is 6.54 Å². The lowest BCUT2D eigenvalue weighted by Gasteiger charge is -2.14. The van der Waals surface area contributed by atoms with Crippen molar-refractivity contribution in [2.75, 3.05) is 7.05 Å². The average molecular weight is 212 g/mol. The van der Waals surface area contributed by atoms with E-state index in [0.717, 1.165) is 10.4 Å². The van der Waals surface area contributed by atoms with Gasteiger partial charge in [-0.25, -0.2) is 0 Å². The summed E-state index contributed by atoms with van der Waals surface area (Å²) in [6.45, 7) is 2.40. The minimum absolute atomic E-state index is 0.436. The Bertz CT molecular complexity index is 359. The van der Waals surface area contributed by atoms with E-state index < -0.39 is 11.8 Å². The van der Waals surface area contributed by atoms with Crippen molar-refractivity contribution in [3.8, 4) is 0 Å². The summed E-state index contributed by atoms with van der Waals surface area (Å²) in [6, 6.07) is 1.97. The van der Waals surface area contributed by atoms with Gasteiger partial charge in [0.05, 0.1) is 6.54 Å². The van der Waals surface area contributed by atoms with Crippen molar-refractivity contribution in [1.82, 2.24) is 4.90 Å². The summed E-state index contributed by atoms with van der Waals surface area (Å²) in [5.74, 6) is -1.57. The van der Waals surface area contributed by atoms with Crippen LogP contribution in [0.5, 0.6) is 0 Å². The van der Waals surface area contributed by atoms with E-state index in [1.165, 1.54) is 4.90 Å². The molecule has 0 aromatic carbocycles. The van der Waals surface area contributed by atoms with Crippen LogP contribution in [0, 0.1) is 6.92 Å². The summed E-state index contributed by atoms with van der Waals surface area (Å²) in [5.41, 5.74) is 6.00. The van der Waals surface area contributed by atoms with Crippen molar-refractivity contribution in [1.29, 1.82) is 0 Å². The number of thiophene rings is 1. The van der Waals surface area contributed by atoms with Gasteiger partial charge in [-0.05, 0) is 23.9 Å². The van der Waals surface area contributed by atoms with Crippen LogP contribution in [0.1, 0.15) is 10.4 Å². The number of nitrogens with two attached hydrogens (primary N) is 1. The molecule has 0 aliphatic heterocycles. The Labute approximate surface area is 86.3 Å². The quantitative estimate of drug-likeness (QED) is 0.725. The number of hydrogen-bond acceptors (Lipinski definition) is 3. The molecule has 0 saturated heterocycles. The molecule has 1 aromatic rings. The summed E-state index contributed by atoms with van der Waals surface area (Å²) in [4.78, 5) is 24.1. The van der Waals surface area contributed by atoms with Crippen LogP contribution in [0.15, 0.2) is 11.4 Å². The molecule has 1 heterocycles. The van der Waals surface area contributed by atoms with E-state index in [4.69, 9.17) is 5.73 Å². The molecule has 2 amide bonds. The highest BCUT2D eigenvalue weighted by Gasteiger charge is 2.15. The molecule has 0 aliphatic carbocycles. The fourth-order valence-corrected chi connectivity index (χ4v) is 2.00. The van der Waals surface area contributed by atoms with E-state index >= 15 is 0 Å². The monoisotopic (exact) mass is 212 g/mol. The Kier molecular flexibility index (Phi) is 3.24. The largest absolute Gasteiger partial charge is 0.361 e. The summed E-state index contributed by atoms with van der Waals surface area (Å²) in [5, 5.41) is 1.95. The summed E-state index contributed by atoms with van der Waals surface area (Å²) in [6.07, 6.45) is 0. The molecule has 0 fully saturated rings. The number of likely N-dealkylation sites (N-methyl/N-ethyl adjacent to an activating group) is 1. The zero-order valence-corrected chi connectivity index (χ0v) is 8.93. The molecule has 0 saturated carbocycles. The first-order chi connectivity index (χ1) is 6.52. The number of nitrogens with zero attached hydrogens (tertiary/aromatic N) is 1. The van der Waals surface area contributed by atoms with E-state index in [-0.39, 0.29) is 0 Å². The lowest BCUT2D eigenvalue weighted by atomic mass is 10.3. The Balaban J connectivity index is 2.66. The van der Waals surface area contributed by atoms with Gasteiger partial charge in [-0.1, -0.05) is 0 Å².